The summed E-state index contributed by atoms with van der Waals surface area (Å²) < 4.78 is 121. The van der Waals surface area contributed by atoms with Gasteiger partial charge in [0.05, 0.1) is 6.61 Å². The Labute approximate surface area is 112 Å². The fourth-order valence-electron chi connectivity index (χ4n) is 1.53. The average molecular weight is 332 g/mol. The quantitative estimate of drug-likeness (QED) is 0.617. The van der Waals surface area contributed by atoms with Crippen molar-refractivity contribution in [1.29, 1.82) is 0 Å². The van der Waals surface area contributed by atoms with Crippen LogP contribution in [0.4, 0.5) is 39.5 Å². The number of aliphatic hydroxyl groups excluding tert-OH is 1. The Balaban J connectivity index is 3.27. The molecular formula is C10H9F9O2. The minimum atomic E-state index is -6.54. The van der Waals surface area contributed by atoms with Crippen molar-refractivity contribution >= 4 is 0 Å². The summed E-state index contributed by atoms with van der Waals surface area (Å²) in [5.74, 6) is -31.5. The van der Waals surface area contributed by atoms with Crippen molar-refractivity contribution in [3.8, 4) is 0 Å². The number of allylic oxidation sites excluding steroid dienone is 1. The predicted molar refractivity (Wildman–Crippen MR) is 50.2 cm³/mol. The molecule has 1 N–H and O–H groups in total. The van der Waals surface area contributed by atoms with E-state index in [0.29, 0.717) is 0 Å². The molecule has 1 rings (SSSR count). The Morgan fingerprint density at radius 3 is 1.81 bits per heavy atom. The number of halogens is 9. The first kappa shape index (κ1) is 18.1. The molecule has 124 valence electrons. The molecule has 0 aromatic heterocycles. The van der Waals surface area contributed by atoms with Crippen molar-refractivity contribution in [2.45, 2.75) is 36.5 Å². The zero-order chi connectivity index (χ0) is 16.7. The highest BCUT2D eigenvalue weighted by atomic mass is 19.4. The monoisotopic (exact) mass is 332 g/mol. The Morgan fingerprint density at radius 1 is 0.810 bits per heavy atom. The Hall–Kier alpha value is -0.970. The van der Waals surface area contributed by atoms with Gasteiger partial charge in [-0.25, -0.2) is 8.78 Å². The third kappa shape index (κ3) is 2.30. The minimum absolute atomic E-state index is 0.151. The smallest absolute Gasteiger partial charge is 0.385 e. The SMILES string of the molecule is OCCCCOC1(F)C(F)=C(F)C(F)(F)C(F)(F)C1(F)F. The predicted octanol–water partition coefficient (Wildman–Crippen LogP) is 3.51. The van der Waals surface area contributed by atoms with Crippen LogP contribution in [0, 0.1) is 0 Å². The number of hydrogen-bond donors (Lipinski definition) is 1. The van der Waals surface area contributed by atoms with Crippen LogP contribution in [-0.2, 0) is 4.74 Å². The van der Waals surface area contributed by atoms with Crippen LogP contribution in [0.3, 0.4) is 0 Å². The van der Waals surface area contributed by atoms with Crippen LogP contribution in [-0.4, -0.2) is 41.9 Å². The van der Waals surface area contributed by atoms with E-state index in [2.05, 4.69) is 4.74 Å². The van der Waals surface area contributed by atoms with Gasteiger partial charge in [0, 0.05) is 6.61 Å². The van der Waals surface area contributed by atoms with Crippen LogP contribution >= 0.6 is 0 Å². The molecule has 0 radical (unpaired) electrons. The molecule has 1 atom stereocenters. The van der Waals surface area contributed by atoms with Gasteiger partial charge in [0.1, 0.15) is 0 Å². The molecule has 1 unspecified atom stereocenters. The number of unbranched alkanes of at least 4 members (excludes halogenated alkanes) is 1. The van der Waals surface area contributed by atoms with E-state index in [1.165, 1.54) is 0 Å². The molecule has 0 aromatic rings. The second-order valence-corrected chi connectivity index (χ2v) is 4.23. The maximum Gasteiger partial charge on any atom is 0.385 e. The summed E-state index contributed by atoms with van der Waals surface area (Å²) in [6.45, 7) is -1.63. The lowest BCUT2D eigenvalue weighted by Crippen LogP contribution is -2.68. The summed E-state index contributed by atoms with van der Waals surface area (Å²) in [6.07, 6.45) is -0.531. The van der Waals surface area contributed by atoms with Gasteiger partial charge in [-0.15, -0.1) is 0 Å². The number of alkyl halides is 7. The van der Waals surface area contributed by atoms with E-state index in [1.54, 1.807) is 0 Å². The summed E-state index contributed by atoms with van der Waals surface area (Å²) in [6, 6.07) is 0. The third-order valence-corrected chi connectivity index (χ3v) is 2.80. The van der Waals surface area contributed by atoms with E-state index >= 15 is 0 Å². The van der Waals surface area contributed by atoms with Crippen LogP contribution in [0.15, 0.2) is 11.7 Å². The lowest BCUT2D eigenvalue weighted by atomic mass is 9.89. The summed E-state index contributed by atoms with van der Waals surface area (Å²) in [5.41, 5.74) is 0. The fraction of sp³-hybridized carbons (Fsp3) is 0.800. The average Bonchev–Trinajstić information content (AvgIpc) is 2.39. The van der Waals surface area contributed by atoms with Crippen molar-refractivity contribution in [2.24, 2.45) is 0 Å². The van der Waals surface area contributed by atoms with Crippen LogP contribution in [0.25, 0.3) is 0 Å². The molecule has 2 nitrogen and oxygen atoms in total. The van der Waals surface area contributed by atoms with Gasteiger partial charge in [0.2, 0.25) is 11.7 Å². The second-order valence-electron chi connectivity index (χ2n) is 4.23. The Morgan fingerprint density at radius 2 is 1.33 bits per heavy atom. The molecule has 0 spiro atoms. The molecule has 0 bridgehead atoms. The molecule has 0 saturated heterocycles. The lowest BCUT2D eigenvalue weighted by Gasteiger charge is -2.42. The highest BCUT2D eigenvalue weighted by Crippen LogP contribution is 2.61. The minimum Gasteiger partial charge on any atom is -0.396 e. The number of ether oxygens (including phenoxy) is 1. The Bertz CT molecular complexity index is 434. The van der Waals surface area contributed by atoms with Crippen molar-refractivity contribution in [1.82, 2.24) is 0 Å². The van der Waals surface area contributed by atoms with E-state index in [0.717, 1.165) is 0 Å². The van der Waals surface area contributed by atoms with Crippen molar-refractivity contribution < 1.29 is 49.4 Å². The van der Waals surface area contributed by atoms with Gasteiger partial charge < -0.3 is 9.84 Å². The molecule has 21 heavy (non-hydrogen) atoms. The van der Waals surface area contributed by atoms with Gasteiger partial charge in [-0.3, -0.25) is 0 Å². The summed E-state index contributed by atoms with van der Waals surface area (Å²) in [4.78, 5) is 0. The second kappa shape index (κ2) is 5.34. The van der Waals surface area contributed by atoms with Gasteiger partial charge in [-0.05, 0) is 12.8 Å². The molecule has 0 saturated carbocycles. The largest absolute Gasteiger partial charge is 0.396 e. The molecular weight excluding hydrogens is 323 g/mol. The van der Waals surface area contributed by atoms with E-state index in [4.69, 9.17) is 5.11 Å². The fourth-order valence-corrected chi connectivity index (χ4v) is 1.53. The standard InChI is InChI=1S/C10H9F9O2/c11-5-6(12)8(15,21-4-2-1-3-20)10(18,19)9(16,17)7(5,13)14/h20H,1-4H2. The van der Waals surface area contributed by atoms with E-state index in [-0.39, 0.29) is 12.8 Å². The van der Waals surface area contributed by atoms with Crippen molar-refractivity contribution in [3.05, 3.63) is 11.7 Å². The zero-order valence-electron chi connectivity index (χ0n) is 10.1. The molecule has 0 aromatic carbocycles. The first-order valence-electron chi connectivity index (χ1n) is 5.51. The summed E-state index contributed by atoms with van der Waals surface area (Å²) in [5, 5.41) is 8.36. The summed E-state index contributed by atoms with van der Waals surface area (Å²) >= 11 is 0. The molecule has 1 aliphatic rings. The lowest BCUT2D eigenvalue weighted by molar-refractivity contribution is -0.391. The highest BCUT2D eigenvalue weighted by Gasteiger charge is 2.87. The topological polar surface area (TPSA) is 29.5 Å². The number of aliphatic hydroxyl groups is 1. The number of hydrogen-bond acceptors (Lipinski definition) is 2. The van der Waals surface area contributed by atoms with Crippen LogP contribution in [0.1, 0.15) is 12.8 Å². The van der Waals surface area contributed by atoms with E-state index in [9.17, 15) is 39.5 Å². The maximum atomic E-state index is 13.7. The van der Waals surface area contributed by atoms with Gasteiger partial charge in [-0.1, -0.05) is 0 Å². The Kier molecular flexibility index (Phi) is 4.60. The van der Waals surface area contributed by atoms with Crippen molar-refractivity contribution in [2.75, 3.05) is 13.2 Å². The molecule has 11 heteroatoms. The van der Waals surface area contributed by atoms with E-state index < -0.39 is 48.5 Å². The van der Waals surface area contributed by atoms with E-state index in [1.807, 2.05) is 0 Å². The molecule has 1 aliphatic carbocycles. The third-order valence-electron chi connectivity index (χ3n) is 2.80. The van der Waals surface area contributed by atoms with Gasteiger partial charge in [0.15, 0.2) is 0 Å². The van der Waals surface area contributed by atoms with Crippen molar-refractivity contribution in [3.63, 3.8) is 0 Å². The zero-order valence-corrected chi connectivity index (χ0v) is 10.1. The van der Waals surface area contributed by atoms with Crippen LogP contribution in [0.5, 0.6) is 0 Å². The normalized spacial score (nSPS) is 30.6. The van der Waals surface area contributed by atoms with Gasteiger partial charge in [0.25, 0.3) is 0 Å². The summed E-state index contributed by atoms with van der Waals surface area (Å²) in [7, 11) is 0. The van der Waals surface area contributed by atoms with Crippen LogP contribution in [0.2, 0.25) is 0 Å². The van der Waals surface area contributed by atoms with Gasteiger partial charge >= 0.3 is 23.6 Å². The first-order chi connectivity index (χ1) is 9.38. The molecule has 0 aliphatic heterocycles. The van der Waals surface area contributed by atoms with Crippen LogP contribution < -0.4 is 0 Å². The molecule has 0 heterocycles. The molecule has 0 amide bonds. The maximum absolute atomic E-state index is 13.7. The number of rotatable bonds is 5. The molecule has 0 fully saturated rings. The highest BCUT2D eigenvalue weighted by molar-refractivity contribution is 5.32. The van der Waals surface area contributed by atoms with Gasteiger partial charge in [-0.2, -0.15) is 30.7 Å². The first-order valence-corrected chi connectivity index (χ1v) is 5.51.